The lowest BCUT2D eigenvalue weighted by molar-refractivity contribution is 0.0697. The van der Waals surface area contributed by atoms with E-state index in [1.54, 1.807) is 7.11 Å². The number of ether oxygens (including phenoxy) is 1. The largest absolute Gasteiger partial charge is 0.497 e. The third-order valence-electron chi connectivity index (χ3n) is 5.12. The molecule has 6 heteroatoms. The second kappa shape index (κ2) is 8.54. The number of nitrogens with one attached hydrogen (secondary N) is 1. The normalized spacial score (nSPS) is 19.5. The van der Waals surface area contributed by atoms with Crippen molar-refractivity contribution >= 4 is 6.03 Å². The van der Waals surface area contributed by atoms with Crippen molar-refractivity contribution in [3.63, 3.8) is 0 Å². The molecular weight excluding hydrogens is 318 g/mol. The molecule has 2 aliphatic rings. The number of aliphatic hydroxyl groups is 1. The fourth-order valence-corrected chi connectivity index (χ4v) is 3.25. The maximum absolute atomic E-state index is 12.3. The van der Waals surface area contributed by atoms with Gasteiger partial charge >= 0.3 is 6.03 Å². The van der Waals surface area contributed by atoms with Gasteiger partial charge in [0.2, 0.25) is 0 Å². The molecule has 1 aliphatic heterocycles. The summed E-state index contributed by atoms with van der Waals surface area (Å²) in [6.07, 6.45) is 2.95. The van der Waals surface area contributed by atoms with Crippen LogP contribution in [0.3, 0.4) is 0 Å². The zero-order chi connectivity index (χ0) is 17.6. The van der Waals surface area contributed by atoms with Crippen LogP contribution in [0.5, 0.6) is 5.75 Å². The molecule has 1 heterocycles. The Kier molecular flexibility index (Phi) is 6.15. The summed E-state index contributed by atoms with van der Waals surface area (Å²) in [5.74, 6) is 1.36. The molecule has 2 amide bonds. The summed E-state index contributed by atoms with van der Waals surface area (Å²) in [6.45, 7) is 4.52. The van der Waals surface area contributed by atoms with Gasteiger partial charge in [0.25, 0.3) is 0 Å². The van der Waals surface area contributed by atoms with Gasteiger partial charge in [-0.3, -0.25) is 4.90 Å². The van der Waals surface area contributed by atoms with Crippen molar-refractivity contribution in [3.8, 4) is 5.75 Å². The maximum atomic E-state index is 12.3. The lowest BCUT2D eigenvalue weighted by Crippen LogP contribution is -2.53. The Balaban J connectivity index is 1.33. The molecule has 1 aromatic carbocycles. The van der Waals surface area contributed by atoms with E-state index in [1.807, 2.05) is 29.2 Å². The Bertz CT molecular complexity index is 552. The average molecular weight is 347 g/mol. The quantitative estimate of drug-likeness (QED) is 0.781. The third kappa shape index (κ3) is 5.34. The van der Waals surface area contributed by atoms with Crippen LogP contribution in [0.1, 0.15) is 18.4 Å². The van der Waals surface area contributed by atoms with Gasteiger partial charge in [0, 0.05) is 39.3 Å². The number of amides is 2. The molecule has 1 saturated carbocycles. The summed E-state index contributed by atoms with van der Waals surface area (Å²) in [5, 5.41) is 13.0. The van der Waals surface area contributed by atoms with Gasteiger partial charge in [-0.25, -0.2) is 4.79 Å². The first-order valence-electron chi connectivity index (χ1n) is 9.22. The molecule has 6 nitrogen and oxygen atoms in total. The molecule has 1 saturated heterocycles. The summed E-state index contributed by atoms with van der Waals surface area (Å²) >= 11 is 0. The summed E-state index contributed by atoms with van der Waals surface area (Å²) < 4.78 is 5.14. The van der Waals surface area contributed by atoms with Gasteiger partial charge < -0.3 is 20.1 Å². The summed E-state index contributed by atoms with van der Waals surface area (Å²) in [6, 6.07) is 7.93. The van der Waals surface area contributed by atoms with Crippen molar-refractivity contribution in [3.05, 3.63) is 29.8 Å². The molecule has 3 rings (SSSR count). The van der Waals surface area contributed by atoms with E-state index < -0.39 is 0 Å². The summed E-state index contributed by atoms with van der Waals surface area (Å²) in [4.78, 5) is 16.4. The number of methoxy groups -OCH3 is 1. The number of hydrogen-bond donors (Lipinski definition) is 2. The molecular formula is C19H29N3O3. The minimum atomic E-state index is -0.190. The molecule has 0 unspecified atom stereocenters. The van der Waals surface area contributed by atoms with E-state index in [0.29, 0.717) is 12.5 Å². The number of β-amino-alcohol motifs (C(OH)–C–C–N with tert-alkyl or cyclic N) is 1. The number of aliphatic hydroxyl groups excluding tert-OH is 1. The number of carbonyl (C=O) groups excluding carboxylic acids is 1. The number of rotatable bonds is 7. The van der Waals surface area contributed by atoms with Crippen molar-refractivity contribution in [2.75, 3.05) is 46.4 Å². The predicted octanol–water partition coefficient (Wildman–Crippen LogP) is 1.34. The smallest absolute Gasteiger partial charge is 0.317 e. The van der Waals surface area contributed by atoms with E-state index in [2.05, 4.69) is 10.2 Å². The highest BCUT2D eigenvalue weighted by atomic mass is 16.5. The van der Waals surface area contributed by atoms with Crippen LogP contribution in [0.15, 0.2) is 24.3 Å². The Morgan fingerprint density at radius 1 is 1.24 bits per heavy atom. The molecule has 0 bridgehead atoms. The van der Waals surface area contributed by atoms with E-state index in [0.717, 1.165) is 57.7 Å². The minimum Gasteiger partial charge on any atom is -0.497 e. The number of piperazine rings is 1. The summed E-state index contributed by atoms with van der Waals surface area (Å²) in [7, 11) is 1.65. The fourth-order valence-electron chi connectivity index (χ4n) is 3.25. The Hall–Kier alpha value is -1.79. The van der Waals surface area contributed by atoms with Crippen molar-refractivity contribution in [1.29, 1.82) is 0 Å². The van der Waals surface area contributed by atoms with Gasteiger partial charge in [-0.15, -0.1) is 0 Å². The van der Waals surface area contributed by atoms with Crippen LogP contribution in [0.25, 0.3) is 0 Å². The average Bonchev–Trinajstić information content (AvgIpc) is 3.48. The molecule has 1 atom stereocenters. The zero-order valence-corrected chi connectivity index (χ0v) is 15.0. The van der Waals surface area contributed by atoms with Crippen LogP contribution in [0.4, 0.5) is 4.79 Å². The first kappa shape index (κ1) is 18.0. The first-order valence-corrected chi connectivity index (χ1v) is 9.22. The highest BCUT2D eigenvalue weighted by molar-refractivity contribution is 5.74. The summed E-state index contributed by atoms with van der Waals surface area (Å²) in [5.41, 5.74) is 1.18. The maximum Gasteiger partial charge on any atom is 0.317 e. The Labute approximate surface area is 149 Å². The topological polar surface area (TPSA) is 65.0 Å². The minimum absolute atomic E-state index is 0.0101. The van der Waals surface area contributed by atoms with Crippen LogP contribution in [0.2, 0.25) is 0 Å². The molecule has 25 heavy (non-hydrogen) atoms. The van der Waals surface area contributed by atoms with E-state index in [9.17, 15) is 9.90 Å². The number of nitrogens with zero attached hydrogens (tertiary/aromatic N) is 2. The molecule has 138 valence electrons. The van der Waals surface area contributed by atoms with Gasteiger partial charge in [-0.2, -0.15) is 0 Å². The second-order valence-electron chi connectivity index (χ2n) is 7.02. The van der Waals surface area contributed by atoms with Crippen LogP contribution < -0.4 is 10.1 Å². The highest BCUT2D eigenvalue weighted by Gasteiger charge is 2.32. The van der Waals surface area contributed by atoms with Gasteiger partial charge in [0.15, 0.2) is 0 Å². The number of hydrogen-bond acceptors (Lipinski definition) is 4. The van der Waals surface area contributed by atoms with Gasteiger partial charge in [0.1, 0.15) is 5.75 Å². The molecule has 0 spiro atoms. The molecule has 0 aromatic heterocycles. The first-order chi connectivity index (χ1) is 12.2. The predicted molar refractivity (Wildman–Crippen MR) is 96.8 cm³/mol. The van der Waals surface area contributed by atoms with Crippen LogP contribution >= 0.6 is 0 Å². The molecule has 1 aliphatic carbocycles. The van der Waals surface area contributed by atoms with Crippen molar-refractivity contribution in [2.45, 2.75) is 25.4 Å². The third-order valence-corrected chi connectivity index (χ3v) is 5.12. The Morgan fingerprint density at radius 3 is 2.52 bits per heavy atom. The molecule has 1 aromatic rings. The van der Waals surface area contributed by atoms with Gasteiger partial charge in [0.05, 0.1) is 13.2 Å². The standard InChI is InChI=1S/C19H29N3O3/c1-25-17-6-2-15(3-7-17)8-9-20-19(24)22-12-10-21(11-13-22)14-18(23)16-4-5-16/h2-3,6-7,16,18,23H,4-5,8-14H2,1H3,(H,20,24)/t18-/m0/s1. The lowest BCUT2D eigenvalue weighted by atomic mass is 10.1. The van der Waals surface area contributed by atoms with Gasteiger partial charge in [-0.05, 0) is 42.9 Å². The van der Waals surface area contributed by atoms with Crippen LogP contribution in [-0.2, 0) is 6.42 Å². The van der Waals surface area contributed by atoms with Crippen LogP contribution in [0, 0.1) is 5.92 Å². The van der Waals surface area contributed by atoms with Crippen molar-refractivity contribution in [2.24, 2.45) is 5.92 Å². The SMILES string of the molecule is COc1ccc(CCNC(=O)N2CCN(C[C@H](O)C3CC3)CC2)cc1. The van der Waals surface area contributed by atoms with Crippen LogP contribution in [-0.4, -0.2) is 73.4 Å². The molecule has 2 fully saturated rings. The highest BCUT2D eigenvalue weighted by Crippen LogP contribution is 2.32. The lowest BCUT2D eigenvalue weighted by Gasteiger charge is -2.35. The van der Waals surface area contributed by atoms with E-state index in [1.165, 1.54) is 5.56 Å². The fraction of sp³-hybridized carbons (Fsp3) is 0.632. The van der Waals surface area contributed by atoms with E-state index in [4.69, 9.17) is 4.74 Å². The number of urea groups is 1. The van der Waals surface area contributed by atoms with Crippen molar-refractivity contribution < 1.29 is 14.6 Å². The Morgan fingerprint density at radius 2 is 1.92 bits per heavy atom. The monoisotopic (exact) mass is 347 g/mol. The number of carbonyl (C=O) groups is 1. The van der Waals surface area contributed by atoms with E-state index >= 15 is 0 Å². The molecule has 2 N–H and O–H groups in total. The van der Waals surface area contributed by atoms with Crippen molar-refractivity contribution in [1.82, 2.24) is 15.1 Å². The zero-order valence-electron chi connectivity index (χ0n) is 15.0. The molecule has 0 radical (unpaired) electrons. The van der Waals surface area contributed by atoms with E-state index in [-0.39, 0.29) is 12.1 Å². The van der Waals surface area contributed by atoms with Gasteiger partial charge in [-0.1, -0.05) is 12.1 Å². The second-order valence-corrected chi connectivity index (χ2v) is 7.02. The number of benzene rings is 1.